The van der Waals surface area contributed by atoms with Gasteiger partial charge in [-0.2, -0.15) is 4.37 Å². The van der Waals surface area contributed by atoms with E-state index in [1.807, 2.05) is 24.3 Å². The van der Waals surface area contributed by atoms with Gasteiger partial charge in [0.25, 0.3) is 0 Å². The second-order valence-electron chi connectivity index (χ2n) is 9.79. The largest absolute Gasteiger partial charge is 0.390 e. The predicted molar refractivity (Wildman–Crippen MR) is 140 cm³/mol. The highest BCUT2D eigenvalue weighted by Crippen LogP contribution is 2.47. The maximum atomic E-state index is 11.5. The fraction of sp³-hybridized carbons (Fsp3) is 0.407. The lowest BCUT2D eigenvalue weighted by Gasteiger charge is -2.36. The Morgan fingerprint density at radius 3 is 2.53 bits per heavy atom. The van der Waals surface area contributed by atoms with Gasteiger partial charge in [-0.3, -0.25) is 0 Å². The van der Waals surface area contributed by atoms with Crippen molar-refractivity contribution < 1.29 is 19.5 Å². The van der Waals surface area contributed by atoms with E-state index in [1.54, 1.807) is 12.1 Å². The smallest absolute Gasteiger partial charge is 0.145 e. The van der Waals surface area contributed by atoms with Crippen molar-refractivity contribution in [3.05, 3.63) is 69.0 Å². The molecule has 0 aliphatic heterocycles. The van der Waals surface area contributed by atoms with Gasteiger partial charge < -0.3 is 19.5 Å². The third kappa shape index (κ3) is 4.46. The topological polar surface area (TPSA) is 88.6 Å². The average Bonchev–Trinajstić information content (AvgIpc) is 3.51. The number of aliphatic hydroxyl groups is 2. The monoisotopic (exact) mass is 544 g/mol. The number of fused-ring (bicyclic) bond motifs is 1. The molecule has 2 N–H and O–H groups in total. The standard InChI is InChI=1S/C27H26Cl2N2O4S/c28-20-2-1-3-21(29)24(20)25-19(26(35-30-25)15-4-5-15)14-34-17-8-10-27(33,11-9-17)16-6-7-23-18(12-16)22(13-32)31-36-23/h1-3,6-7,12,15,17,32-33H,4-5,8-11,13-14H2. The van der Waals surface area contributed by atoms with Gasteiger partial charge in [-0.25, -0.2) is 0 Å². The minimum Gasteiger partial charge on any atom is -0.390 e. The molecule has 0 radical (unpaired) electrons. The molecule has 4 aromatic rings. The maximum Gasteiger partial charge on any atom is 0.145 e. The normalized spacial score (nSPS) is 22.4. The van der Waals surface area contributed by atoms with Gasteiger partial charge in [0.05, 0.1) is 45.4 Å². The van der Waals surface area contributed by atoms with Crippen LogP contribution in [0, 0.1) is 0 Å². The molecule has 2 saturated carbocycles. The molecule has 2 heterocycles. The molecule has 0 unspecified atom stereocenters. The number of nitrogens with zero attached hydrogens (tertiary/aromatic N) is 2. The maximum absolute atomic E-state index is 11.5. The van der Waals surface area contributed by atoms with Crippen LogP contribution in [0.3, 0.4) is 0 Å². The highest BCUT2D eigenvalue weighted by Gasteiger charge is 2.37. The molecule has 188 valence electrons. The molecule has 36 heavy (non-hydrogen) atoms. The molecule has 2 aromatic heterocycles. The lowest BCUT2D eigenvalue weighted by molar-refractivity contribution is -0.0640. The first kappa shape index (κ1) is 24.3. The van der Waals surface area contributed by atoms with Crippen molar-refractivity contribution in [3.63, 3.8) is 0 Å². The molecule has 2 aliphatic carbocycles. The Kier molecular flexibility index (Phi) is 6.56. The van der Waals surface area contributed by atoms with Crippen molar-refractivity contribution in [2.24, 2.45) is 0 Å². The van der Waals surface area contributed by atoms with E-state index in [0.717, 1.165) is 52.7 Å². The molecule has 6 nitrogen and oxygen atoms in total. The second kappa shape index (κ2) is 9.71. The fourth-order valence-corrected chi connectivity index (χ4v) is 6.51. The van der Waals surface area contributed by atoms with Crippen molar-refractivity contribution in [3.8, 4) is 11.3 Å². The summed E-state index contributed by atoms with van der Waals surface area (Å²) in [6, 6.07) is 11.3. The van der Waals surface area contributed by atoms with E-state index < -0.39 is 5.60 Å². The average molecular weight is 545 g/mol. The summed E-state index contributed by atoms with van der Waals surface area (Å²) in [4.78, 5) is 0. The molecule has 2 aromatic carbocycles. The van der Waals surface area contributed by atoms with E-state index in [4.69, 9.17) is 32.5 Å². The van der Waals surface area contributed by atoms with Crippen LogP contribution in [-0.2, 0) is 23.6 Å². The van der Waals surface area contributed by atoms with E-state index >= 15 is 0 Å². The van der Waals surface area contributed by atoms with Crippen molar-refractivity contribution in [1.29, 1.82) is 0 Å². The third-order valence-electron chi connectivity index (χ3n) is 7.42. The van der Waals surface area contributed by atoms with Gasteiger partial charge in [-0.15, -0.1) is 0 Å². The second-order valence-corrected chi connectivity index (χ2v) is 11.4. The molecule has 0 atom stereocenters. The van der Waals surface area contributed by atoms with Gasteiger partial charge in [0.2, 0.25) is 0 Å². The number of rotatable bonds is 7. The first-order valence-electron chi connectivity index (χ1n) is 12.2. The Morgan fingerprint density at radius 1 is 1.08 bits per heavy atom. The Bertz CT molecular complexity index is 1390. The Hall–Kier alpha value is -2.00. The van der Waals surface area contributed by atoms with Crippen LogP contribution in [0.15, 0.2) is 40.9 Å². The van der Waals surface area contributed by atoms with Gasteiger partial charge in [0.15, 0.2) is 0 Å². The molecule has 0 bridgehead atoms. The zero-order valence-electron chi connectivity index (χ0n) is 19.5. The van der Waals surface area contributed by atoms with Gasteiger partial charge in [0, 0.05) is 22.4 Å². The summed E-state index contributed by atoms with van der Waals surface area (Å²) in [5, 5.41) is 27.4. The van der Waals surface area contributed by atoms with Crippen molar-refractivity contribution >= 4 is 44.8 Å². The van der Waals surface area contributed by atoms with Gasteiger partial charge in [-0.1, -0.05) is 40.5 Å². The van der Waals surface area contributed by atoms with Crippen LogP contribution in [0.5, 0.6) is 0 Å². The summed E-state index contributed by atoms with van der Waals surface area (Å²) in [5.41, 5.74) is 2.85. The van der Waals surface area contributed by atoms with E-state index in [-0.39, 0.29) is 12.7 Å². The van der Waals surface area contributed by atoms with E-state index in [2.05, 4.69) is 9.53 Å². The summed E-state index contributed by atoms with van der Waals surface area (Å²) >= 11 is 14.3. The summed E-state index contributed by atoms with van der Waals surface area (Å²) in [6.45, 7) is 0.257. The number of benzene rings is 2. The number of ether oxygens (including phenoxy) is 1. The molecular weight excluding hydrogens is 519 g/mol. The van der Waals surface area contributed by atoms with Gasteiger partial charge >= 0.3 is 0 Å². The van der Waals surface area contributed by atoms with Crippen LogP contribution in [0.4, 0.5) is 0 Å². The van der Waals surface area contributed by atoms with Crippen LogP contribution in [0.1, 0.15) is 67.0 Å². The van der Waals surface area contributed by atoms with Crippen LogP contribution in [0.25, 0.3) is 21.3 Å². The summed E-state index contributed by atoms with van der Waals surface area (Å²) in [5.74, 6) is 1.23. The number of aliphatic hydroxyl groups excluding tert-OH is 1. The van der Waals surface area contributed by atoms with E-state index in [1.165, 1.54) is 11.5 Å². The predicted octanol–water partition coefficient (Wildman–Crippen LogP) is 6.97. The third-order valence-corrected chi connectivity index (χ3v) is 8.92. The highest BCUT2D eigenvalue weighted by atomic mass is 35.5. The molecular formula is C27H26Cl2N2O4S. The van der Waals surface area contributed by atoms with Crippen molar-refractivity contribution in [2.45, 2.75) is 69.4 Å². The summed E-state index contributed by atoms with van der Waals surface area (Å²) in [6.07, 6.45) is 4.83. The summed E-state index contributed by atoms with van der Waals surface area (Å²) in [7, 11) is 0. The molecule has 9 heteroatoms. The molecule has 2 aliphatic rings. The van der Waals surface area contributed by atoms with Crippen LogP contribution in [0.2, 0.25) is 10.0 Å². The van der Waals surface area contributed by atoms with Crippen molar-refractivity contribution in [1.82, 2.24) is 9.53 Å². The first-order chi connectivity index (χ1) is 17.5. The van der Waals surface area contributed by atoms with Crippen LogP contribution < -0.4 is 0 Å². The fourth-order valence-electron chi connectivity index (χ4n) is 5.17. The minimum absolute atomic E-state index is 0.0151. The van der Waals surface area contributed by atoms with Gasteiger partial charge in [0.1, 0.15) is 11.5 Å². The lowest BCUT2D eigenvalue weighted by atomic mass is 9.78. The molecule has 0 saturated heterocycles. The van der Waals surface area contributed by atoms with Crippen molar-refractivity contribution in [2.75, 3.05) is 0 Å². The quantitative estimate of drug-likeness (QED) is 0.261. The van der Waals surface area contributed by atoms with E-state index in [0.29, 0.717) is 52.4 Å². The zero-order valence-corrected chi connectivity index (χ0v) is 21.9. The molecule has 0 amide bonds. The van der Waals surface area contributed by atoms with Crippen LogP contribution >= 0.6 is 34.7 Å². The van der Waals surface area contributed by atoms with Crippen LogP contribution in [-0.4, -0.2) is 25.8 Å². The van der Waals surface area contributed by atoms with E-state index in [9.17, 15) is 10.2 Å². The number of hydrogen-bond donors (Lipinski definition) is 2. The molecule has 2 fully saturated rings. The number of hydrogen-bond acceptors (Lipinski definition) is 7. The Balaban J connectivity index is 1.18. The lowest BCUT2D eigenvalue weighted by Crippen LogP contribution is -2.34. The number of halogens is 2. The zero-order chi connectivity index (χ0) is 24.9. The van der Waals surface area contributed by atoms with Gasteiger partial charge in [-0.05, 0) is 79.9 Å². The Morgan fingerprint density at radius 2 is 1.83 bits per heavy atom. The summed E-state index contributed by atoms with van der Waals surface area (Å²) < 4.78 is 17.4. The SMILES string of the molecule is OCc1nsc2ccc(C3(O)CCC(OCc4c(-c5c(Cl)cccc5Cl)noc4C4CC4)CC3)cc12. The first-order valence-corrected chi connectivity index (χ1v) is 13.8. The molecule has 0 spiro atoms. The highest BCUT2D eigenvalue weighted by molar-refractivity contribution is 7.13. The number of aromatic nitrogens is 2. The Labute approximate surface area is 223 Å². The molecule has 6 rings (SSSR count). The minimum atomic E-state index is -0.921.